The van der Waals surface area contributed by atoms with Crippen LogP contribution in [0, 0.1) is 0 Å². The lowest BCUT2D eigenvalue weighted by Crippen LogP contribution is -3.00. The molecule has 6 rings (SSSR count). The molecule has 4 aromatic rings. The summed E-state index contributed by atoms with van der Waals surface area (Å²) in [7, 11) is 1.56. The van der Waals surface area contributed by atoms with Gasteiger partial charge >= 0.3 is 17.7 Å². The Balaban J connectivity index is 0.00000641. The van der Waals surface area contributed by atoms with Gasteiger partial charge in [-0.1, -0.05) is 17.3 Å². The minimum absolute atomic E-state index is 0. The zero-order valence-electron chi connectivity index (χ0n) is 32.8. The number of fused-ring (bicyclic) bond motifs is 2. The van der Waals surface area contributed by atoms with E-state index in [9.17, 15) is 19.2 Å². The maximum Gasteiger partial charge on any atom is 0.414 e. The van der Waals surface area contributed by atoms with Gasteiger partial charge in [0.25, 0.3) is 11.8 Å². The number of nitrogens with two attached hydrogens (primary N) is 1. The van der Waals surface area contributed by atoms with E-state index in [-0.39, 0.29) is 65.1 Å². The first-order chi connectivity index (χ1) is 27.3. The lowest BCUT2D eigenvalue weighted by atomic mass is 10.0. The summed E-state index contributed by atoms with van der Waals surface area (Å²) < 4.78 is 24.5. The van der Waals surface area contributed by atoms with Crippen LogP contribution in [-0.2, 0) is 48.4 Å². The Morgan fingerprint density at radius 1 is 1.17 bits per heavy atom. The molecule has 4 N–H and O–H groups in total. The summed E-state index contributed by atoms with van der Waals surface area (Å²) in [6, 6.07) is 9.90. The number of carbonyl (C=O) groups excluding carboxylic acids is 4. The first-order valence-electron chi connectivity index (χ1n) is 18.2. The van der Waals surface area contributed by atoms with Crippen molar-refractivity contribution in [2.24, 2.45) is 10.9 Å². The number of nitrogens with one attached hydrogen (secondary N) is 2. The number of benzene rings is 1. The molecule has 18 nitrogen and oxygen atoms in total. The zero-order valence-corrected chi connectivity index (χ0v) is 36.0. The fourth-order valence-electron chi connectivity index (χ4n) is 5.98. The maximum atomic E-state index is 14.0. The van der Waals surface area contributed by atoms with E-state index in [0.29, 0.717) is 29.3 Å². The molecule has 21 heteroatoms. The van der Waals surface area contributed by atoms with Crippen molar-refractivity contribution in [1.82, 2.24) is 29.1 Å². The number of aromatic nitrogens is 5. The first-order valence-corrected chi connectivity index (χ1v) is 20.0. The number of esters is 1. The van der Waals surface area contributed by atoms with Gasteiger partial charge in [-0.2, -0.15) is 9.36 Å². The van der Waals surface area contributed by atoms with Crippen LogP contribution in [0.15, 0.2) is 65.3 Å². The van der Waals surface area contributed by atoms with Gasteiger partial charge < -0.3 is 47.1 Å². The van der Waals surface area contributed by atoms with Gasteiger partial charge in [0.05, 0.1) is 20.2 Å². The smallest absolute Gasteiger partial charge is 0.414 e. The number of oxime groups is 1. The Bertz CT molecular complexity index is 2200. The predicted molar refractivity (Wildman–Crippen MR) is 211 cm³/mol. The topological polar surface area (TPSA) is 218 Å². The third kappa shape index (κ3) is 10.3. The summed E-state index contributed by atoms with van der Waals surface area (Å²) in [6.45, 7) is 9.78. The van der Waals surface area contributed by atoms with Gasteiger partial charge in [0.2, 0.25) is 16.7 Å². The minimum atomic E-state index is -1.03. The van der Waals surface area contributed by atoms with Crippen LogP contribution >= 0.6 is 23.3 Å². The number of nitrogens with zero attached hydrogens (tertiary/aromatic N) is 7. The molecule has 0 aliphatic carbocycles. The highest BCUT2D eigenvalue weighted by atomic mass is 79.9. The van der Waals surface area contributed by atoms with Gasteiger partial charge in [-0.15, -0.1) is 16.7 Å². The summed E-state index contributed by atoms with van der Waals surface area (Å²) in [5, 5.41) is 8.55. The van der Waals surface area contributed by atoms with Crippen molar-refractivity contribution in [2.45, 2.75) is 83.8 Å². The molecule has 2 unspecified atom stereocenters. The zero-order chi connectivity index (χ0) is 40.9. The van der Waals surface area contributed by atoms with E-state index in [1.54, 1.807) is 65.3 Å². The second kappa shape index (κ2) is 19.1. The van der Waals surface area contributed by atoms with Gasteiger partial charge in [0.1, 0.15) is 47.9 Å². The van der Waals surface area contributed by atoms with E-state index in [4.69, 9.17) is 24.8 Å². The molecular formula is C37H45BrN10O8S2. The molecule has 2 aliphatic rings. The Kier molecular flexibility index (Phi) is 14.5. The number of imidazole rings is 1. The molecule has 3 amide bonds. The summed E-state index contributed by atoms with van der Waals surface area (Å²) >= 11 is 2.20. The van der Waals surface area contributed by atoms with Gasteiger partial charge in [0, 0.05) is 28.9 Å². The third-order valence-corrected chi connectivity index (χ3v) is 10.6. The van der Waals surface area contributed by atoms with Gasteiger partial charge in [-0.05, 0) is 70.9 Å². The number of β-lactam (4-membered cyclic amide) rings is 1. The summed E-state index contributed by atoms with van der Waals surface area (Å²) in [6.07, 6.45) is 3.63. The minimum Gasteiger partial charge on any atom is -1.00 e. The Hall–Kier alpha value is -5.12. The van der Waals surface area contributed by atoms with E-state index in [1.165, 1.54) is 16.7 Å². The van der Waals surface area contributed by atoms with Crippen molar-refractivity contribution in [3.63, 3.8) is 0 Å². The molecule has 1 fully saturated rings. The Morgan fingerprint density at radius 3 is 2.62 bits per heavy atom. The van der Waals surface area contributed by atoms with Crippen LogP contribution in [0.1, 0.15) is 52.4 Å². The molecule has 2 aliphatic heterocycles. The molecule has 5 heterocycles. The molecule has 0 saturated carbocycles. The fourth-order valence-corrected chi connectivity index (χ4v) is 7.87. The monoisotopic (exact) mass is 900 g/mol. The second-order valence-electron chi connectivity index (χ2n) is 14.2. The van der Waals surface area contributed by atoms with Crippen LogP contribution in [-0.4, -0.2) is 95.9 Å². The quantitative estimate of drug-likeness (QED) is 0.0476. The number of ether oxygens (including phenoxy) is 3. The molecule has 3 aromatic heterocycles. The van der Waals surface area contributed by atoms with Crippen molar-refractivity contribution in [2.75, 3.05) is 24.8 Å². The maximum absolute atomic E-state index is 14.0. The predicted octanol–water partition coefficient (Wildman–Crippen LogP) is 0.110. The molecule has 3 atom stereocenters. The molecule has 1 saturated heterocycles. The van der Waals surface area contributed by atoms with Crippen LogP contribution in [0.2, 0.25) is 0 Å². The SMILES string of the molecule is CCO/N=C(\C(=O)NC1C(=O)N2C(C(=O)OCc3ccc(OC)cc3)=C(C[n+]3cn(CC[C@H](C)N)c4cccnc43)CSC12)c1nsc(NC(=O)OC(C)(C)C)n1.[Br-]. The van der Waals surface area contributed by atoms with E-state index in [1.807, 2.05) is 30.0 Å². The van der Waals surface area contributed by atoms with E-state index >= 15 is 0 Å². The number of aryl methyl sites for hydroxylation is 1. The number of hydrogen-bond acceptors (Lipinski definition) is 15. The number of methoxy groups -OCH3 is 1. The molecule has 1 aromatic carbocycles. The molecule has 0 spiro atoms. The summed E-state index contributed by atoms with van der Waals surface area (Å²) in [4.78, 5) is 69.5. The van der Waals surface area contributed by atoms with Crippen LogP contribution in [0.3, 0.4) is 0 Å². The van der Waals surface area contributed by atoms with Gasteiger partial charge in [-0.3, -0.25) is 24.4 Å². The standard InChI is InChI=1S/C37H44N10O8S2.BrH/c1-7-54-43-26(29-41-35(57-44-29)42-36(51)55-37(3,4)5)31(48)40-27-32(49)47-28(34(50)53-18-22-10-12-24(52-6)13-11-22)23(19-56-33(27)47)17-46-20-45(16-14-21(2)38)25-9-8-15-39-30(25)46;/h8-13,15,20-21,27,33H,7,14,16-19,38H2,1-6H3,(H-,40,41,42,44,48,51);1H/b43-26-;/t21-,27?,33?;/m0./s1. The lowest BCUT2D eigenvalue weighted by molar-refractivity contribution is -0.665. The van der Waals surface area contributed by atoms with Crippen LogP contribution in [0.4, 0.5) is 9.93 Å². The number of rotatable bonds is 15. The average molecular weight is 902 g/mol. The molecule has 0 bridgehead atoms. The van der Waals surface area contributed by atoms with Gasteiger partial charge in [-0.25, -0.2) is 14.2 Å². The normalized spacial score (nSPS) is 17.1. The number of carbonyl (C=O) groups is 4. The van der Waals surface area contributed by atoms with E-state index in [2.05, 4.69) is 34.7 Å². The molecule has 0 radical (unpaired) electrons. The number of anilines is 1. The highest BCUT2D eigenvalue weighted by Gasteiger charge is 2.55. The molecule has 58 heavy (non-hydrogen) atoms. The molecular weight excluding hydrogens is 857 g/mol. The Morgan fingerprint density at radius 2 is 1.93 bits per heavy atom. The summed E-state index contributed by atoms with van der Waals surface area (Å²) in [5.74, 6) is -1.13. The molecule has 310 valence electrons. The number of pyridine rings is 1. The van der Waals surface area contributed by atoms with Crippen LogP contribution < -0.4 is 42.7 Å². The lowest BCUT2D eigenvalue weighted by Gasteiger charge is -2.49. The largest absolute Gasteiger partial charge is 1.00 e. The van der Waals surface area contributed by atoms with Crippen molar-refractivity contribution in [3.05, 3.63) is 71.6 Å². The van der Waals surface area contributed by atoms with Crippen LogP contribution in [0.5, 0.6) is 5.75 Å². The van der Waals surface area contributed by atoms with E-state index < -0.39 is 40.9 Å². The van der Waals surface area contributed by atoms with E-state index in [0.717, 1.165) is 29.0 Å². The number of hydrogen-bond donors (Lipinski definition) is 3. The number of thioether (sulfide) groups is 1. The third-order valence-electron chi connectivity index (χ3n) is 8.61. The highest BCUT2D eigenvalue weighted by Crippen LogP contribution is 2.41. The number of amides is 3. The first kappa shape index (κ1) is 44.0. The van der Waals surface area contributed by atoms with Crippen molar-refractivity contribution in [1.29, 1.82) is 0 Å². The Labute approximate surface area is 353 Å². The average Bonchev–Trinajstić information content (AvgIpc) is 3.78. The number of halogens is 1. The van der Waals surface area contributed by atoms with Crippen molar-refractivity contribution >= 4 is 69.2 Å². The highest BCUT2D eigenvalue weighted by molar-refractivity contribution is 8.00. The summed E-state index contributed by atoms with van der Waals surface area (Å²) in [5.41, 5.74) is 8.08. The van der Waals surface area contributed by atoms with Crippen molar-refractivity contribution < 1.29 is 59.8 Å². The second-order valence-corrected chi connectivity index (χ2v) is 16.1. The van der Waals surface area contributed by atoms with Crippen molar-refractivity contribution in [3.8, 4) is 5.75 Å². The fraction of sp³-hybridized carbons (Fsp3) is 0.432. The van der Waals surface area contributed by atoms with Gasteiger partial charge in [0.15, 0.2) is 11.8 Å². The van der Waals surface area contributed by atoms with Crippen LogP contribution in [0.25, 0.3) is 11.2 Å².